The monoisotopic (exact) mass is 360 g/mol. The molecule has 0 aliphatic carbocycles. The molecule has 1 amide bonds. The molecular formula is C15H10BrFN4O. The molecule has 22 heavy (non-hydrogen) atoms. The lowest BCUT2D eigenvalue weighted by Crippen LogP contribution is -2.15. The van der Waals surface area contributed by atoms with Crippen molar-refractivity contribution in [1.82, 2.24) is 14.5 Å². The van der Waals surface area contributed by atoms with Crippen LogP contribution in [0.15, 0.2) is 59.6 Å². The first-order valence-corrected chi connectivity index (χ1v) is 7.14. The number of nitrogens with zero attached hydrogens (tertiary/aromatic N) is 3. The average molecular weight is 361 g/mol. The molecule has 2 aromatic heterocycles. The van der Waals surface area contributed by atoms with Gasteiger partial charge in [-0.15, -0.1) is 0 Å². The highest BCUT2D eigenvalue weighted by molar-refractivity contribution is 9.10. The number of hydrogen-bond donors (Lipinski definition) is 1. The lowest BCUT2D eigenvalue weighted by molar-refractivity contribution is 0.102. The Labute approximate surface area is 134 Å². The third-order valence-electron chi connectivity index (χ3n) is 2.92. The molecule has 1 aromatic carbocycles. The second-order valence-corrected chi connectivity index (χ2v) is 5.34. The summed E-state index contributed by atoms with van der Waals surface area (Å²) < 4.78 is 16.0. The van der Waals surface area contributed by atoms with Gasteiger partial charge in [-0.2, -0.15) is 0 Å². The number of rotatable bonds is 3. The minimum atomic E-state index is -0.520. The van der Waals surface area contributed by atoms with Gasteiger partial charge >= 0.3 is 0 Å². The number of carbonyl (C=O) groups is 1. The standard InChI is InChI=1S/C15H10BrFN4O/c16-10-4-5-12(11(17)8-10)20-15(22)13-2-1-3-14(19-13)21-7-6-18-9-21/h1-9H,(H,20,22). The number of anilines is 1. The van der Waals surface area contributed by atoms with Crippen LogP contribution in [0.5, 0.6) is 0 Å². The highest BCUT2D eigenvalue weighted by Crippen LogP contribution is 2.20. The van der Waals surface area contributed by atoms with Crippen molar-refractivity contribution < 1.29 is 9.18 Å². The molecule has 7 heteroatoms. The second kappa shape index (κ2) is 6.07. The topological polar surface area (TPSA) is 59.8 Å². The van der Waals surface area contributed by atoms with Gasteiger partial charge in [-0.1, -0.05) is 22.0 Å². The normalized spacial score (nSPS) is 10.5. The van der Waals surface area contributed by atoms with E-state index in [0.29, 0.717) is 10.3 Å². The van der Waals surface area contributed by atoms with E-state index in [1.54, 1.807) is 47.6 Å². The van der Waals surface area contributed by atoms with Crippen molar-refractivity contribution in [3.8, 4) is 5.82 Å². The lowest BCUT2D eigenvalue weighted by atomic mass is 10.2. The number of carbonyl (C=O) groups excluding carboxylic acids is 1. The maximum absolute atomic E-state index is 13.8. The number of pyridine rings is 1. The lowest BCUT2D eigenvalue weighted by Gasteiger charge is -2.07. The van der Waals surface area contributed by atoms with Gasteiger partial charge < -0.3 is 5.32 Å². The zero-order valence-electron chi connectivity index (χ0n) is 11.2. The molecule has 3 aromatic rings. The maximum Gasteiger partial charge on any atom is 0.274 e. The van der Waals surface area contributed by atoms with E-state index in [4.69, 9.17) is 0 Å². The van der Waals surface area contributed by atoms with Crippen LogP contribution >= 0.6 is 15.9 Å². The first-order chi connectivity index (χ1) is 10.6. The molecule has 0 spiro atoms. The zero-order chi connectivity index (χ0) is 15.5. The van der Waals surface area contributed by atoms with Crippen molar-refractivity contribution in [2.75, 3.05) is 5.32 Å². The minimum Gasteiger partial charge on any atom is -0.318 e. The van der Waals surface area contributed by atoms with Gasteiger partial charge in [0.05, 0.1) is 5.69 Å². The molecule has 5 nitrogen and oxygen atoms in total. The van der Waals surface area contributed by atoms with E-state index in [0.717, 1.165) is 0 Å². The summed E-state index contributed by atoms with van der Waals surface area (Å²) in [5.41, 5.74) is 0.288. The first kappa shape index (κ1) is 14.4. The summed E-state index contributed by atoms with van der Waals surface area (Å²) in [5.74, 6) is -0.446. The SMILES string of the molecule is O=C(Nc1ccc(Br)cc1F)c1cccc(-n2ccnc2)n1. The summed E-state index contributed by atoms with van der Waals surface area (Å²) in [5, 5.41) is 2.50. The van der Waals surface area contributed by atoms with Crippen molar-refractivity contribution in [2.45, 2.75) is 0 Å². The molecule has 0 aliphatic rings. The Bertz CT molecular complexity index is 820. The van der Waals surface area contributed by atoms with Crippen LogP contribution in [0, 0.1) is 5.82 Å². The van der Waals surface area contributed by atoms with E-state index in [1.807, 2.05) is 0 Å². The zero-order valence-corrected chi connectivity index (χ0v) is 12.8. The summed E-state index contributed by atoms with van der Waals surface area (Å²) in [6.07, 6.45) is 4.92. The summed E-state index contributed by atoms with van der Waals surface area (Å²) in [7, 11) is 0. The number of hydrogen-bond acceptors (Lipinski definition) is 3. The van der Waals surface area contributed by atoms with Crippen LogP contribution in [-0.2, 0) is 0 Å². The van der Waals surface area contributed by atoms with Gasteiger partial charge in [-0.05, 0) is 30.3 Å². The Kier molecular flexibility index (Phi) is 3.97. The van der Waals surface area contributed by atoms with E-state index >= 15 is 0 Å². The summed E-state index contributed by atoms with van der Waals surface area (Å²) >= 11 is 3.17. The Morgan fingerprint density at radius 1 is 1.27 bits per heavy atom. The van der Waals surface area contributed by atoms with Crippen molar-refractivity contribution >= 4 is 27.5 Å². The van der Waals surface area contributed by atoms with E-state index < -0.39 is 11.7 Å². The predicted octanol–water partition coefficient (Wildman–Crippen LogP) is 3.42. The van der Waals surface area contributed by atoms with Crippen LogP contribution < -0.4 is 5.32 Å². The van der Waals surface area contributed by atoms with Gasteiger partial charge in [0, 0.05) is 16.9 Å². The fourth-order valence-electron chi connectivity index (χ4n) is 1.87. The molecule has 0 bridgehead atoms. The number of amides is 1. The van der Waals surface area contributed by atoms with Crippen LogP contribution in [0.2, 0.25) is 0 Å². The van der Waals surface area contributed by atoms with Gasteiger partial charge in [0.15, 0.2) is 0 Å². The van der Waals surface area contributed by atoms with Crippen molar-refractivity contribution in [2.24, 2.45) is 0 Å². The molecule has 0 saturated carbocycles. The van der Waals surface area contributed by atoms with E-state index in [1.165, 1.54) is 12.1 Å². The van der Waals surface area contributed by atoms with Crippen LogP contribution in [0.1, 0.15) is 10.5 Å². The number of aromatic nitrogens is 3. The van der Waals surface area contributed by atoms with Crippen molar-refractivity contribution in [1.29, 1.82) is 0 Å². The Hall–Kier alpha value is -2.54. The molecule has 2 heterocycles. The van der Waals surface area contributed by atoms with Crippen LogP contribution in [-0.4, -0.2) is 20.4 Å². The molecule has 3 rings (SSSR count). The molecule has 0 unspecified atom stereocenters. The van der Waals surface area contributed by atoms with Gasteiger partial charge in [0.1, 0.15) is 23.7 Å². The largest absolute Gasteiger partial charge is 0.318 e. The fraction of sp³-hybridized carbons (Fsp3) is 0. The number of benzene rings is 1. The second-order valence-electron chi connectivity index (χ2n) is 4.43. The van der Waals surface area contributed by atoms with E-state index in [-0.39, 0.29) is 11.4 Å². The van der Waals surface area contributed by atoms with E-state index in [2.05, 4.69) is 31.2 Å². The average Bonchev–Trinajstić information content (AvgIpc) is 3.04. The summed E-state index contributed by atoms with van der Waals surface area (Å²) in [6, 6.07) is 9.43. The third-order valence-corrected chi connectivity index (χ3v) is 3.41. The molecule has 0 radical (unpaired) electrons. The minimum absolute atomic E-state index is 0.100. The van der Waals surface area contributed by atoms with Crippen LogP contribution in [0.25, 0.3) is 5.82 Å². The van der Waals surface area contributed by atoms with Gasteiger partial charge in [-0.25, -0.2) is 14.4 Å². The van der Waals surface area contributed by atoms with Crippen molar-refractivity contribution in [3.05, 3.63) is 71.1 Å². The maximum atomic E-state index is 13.8. The molecule has 0 aliphatic heterocycles. The number of halogens is 2. The highest BCUT2D eigenvalue weighted by Gasteiger charge is 2.12. The molecular weight excluding hydrogens is 351 g/mol. The molecule has 1 N–H and O–H groups in total. The van der Waals surface area contributed by atoms with Gasteiger partial charge in [0.25, 0.3) is 5.91 Å². The van der Waals surface area contributed by atoms with Gasteiger partial charge in [0.2, 0.25) is 0 Å². The quantitative estimate of drug-likeness (QED) is 0.778. The Morgan fingerprint density at radius 3 is 2.86 bits per heavy atom. The number of imidazole rings is 1. The van der Waals surface area contributed by atoms with Gasteiger partial charge in [-0.3, -0.25) is 9.36 Å². The summed E-state index contributed by atoms with van der Waals surface area (Å²) in [4.78, 5) is 20.4. The fourth-order valence-corrected chi connectivity index (χ4v) is 2.20. The molecule has 0 atom stereocenters. The Balaban J connectivity index is 1.85. The smallest absolute Gasteiger partial charge is 0.274 e. The molecule has 110 valence electrons. The third kappa shape index (κ3) is 3.04. The van der Waals surface area contributed by atoms with E-state index in [9.17, 15) is 9.18 Å². The Morgan fingerprint density at radius 2 is 2.14 bits per heavy atom. The number of nitrogens with one attached hydrogen (secondary N) is 1. The highest BCUT2D eigenvalue weighted by atomic mass is 79.9. The summed E-state index contributed by atoms with van der Waals surface area (Å²) in [6.45, 7) is 0. The first-order valence-electron chi connectivity index (χ1n) is 6.35. The van der Waals surface area contributed by atoms with Crippen LogP contribution in [0.4, 0.5) is 10.1 Å². The molecule has 0 saturated heterocycles. The van der Waals surface area contributed by atoms with Crippen molar-refractivity contribution in [3.63, 3.8) is 0 Å². The predicted molar refractivity (Wildman–Crippen MR) is 83.4 cm³/mol. The molecule has 0 fully saturated rings. The van der Waals surface area contributed by atoms with Crippen LogP contribution in [0.3, 0.4) is 0 Å².